The van der Waals surface area contributed by atoms with Crippen molar-refractivity contribution in [1.82, 2.24) is 9.97 Å². The number of fused-ring (bicyclic) bond motifs is 1. The van der Waals surface area contributed by atoms with Crippen LogP contribution < -0.4 is 5.32 Å². The largest absolute Gasteiger partial charge is 0.440 e. The van der Waals surface area contributed by atoms with Crippen LogP contribution in [0.5, 0.6) is 0 Å². The zero-order valence-corrected chi connectivity index (χ0v) is 14.9. The van der Waals surface area contributed by atoms with Crippen molar-refractivity contribution in [3.63, 3.8) is 0 Å². The predicted molar refractivity (Wildman–Crippen MR) is 94.9 cm³/mol. The monoisotopic (exact) mass is 363 g/mol. The van der Waals surface area contributed by atoms with Crippen LogP contribution in [0.2, 0.25) is 10.2 Å². The Labute approximate surface area is 149 Å². The van der Waals surface area contributed by atoms with Crippen molar-refractivity contribution in [2.24, 2.45) is 0 Å². The molecule has 0 saturated heterocycles. The van der Waals surface area contributed by atoms with Gasteiger partial charge in [-0.2, -0.15) is 0 Å². The van der Waals surface area contributed by atoms with Gasteiger partial charge in [0.1, 0.15) is 16.4 Å². The number of amides is 1. The number of halogens is 2. The van der Waals surface area contributed by atoms with Gasteiger partial charge in [0.05, 0.1) is 5.02 Å². The first kappa shape index (κ1) is 16.7. The average molecular weight is 364 g/mol. The Morgan fingerprint density at radius 2 is 1.88 bits per heavy atom. The van der Waals surface area contributed by atoms with Gasteiger partial charge in [-0.1, -0.05) is 44.0 Å². The summed E-state index contributed by atoms with van der Waals surface area (Å²) < 4.78 is 5.74. The molecule has 0 aliphatic carbocycles. The van der Waals surface area contributed by atoms with Crippen molar-refractivity contribution in [3.05, 3.63) is 52.1 Å². The molecule has 0 unspecified atom stereocenters. The summed E-state index contributed by atoms with van der Waals surface area (Å²) in [5, 5.41) is 3.17. The van der Waals surface area contributed by atoms with Crippen molar-refractivity contribution in [2.45, 2.75) is 26.2 Å². The van der Waals surface area contributed by atoms with Crippen molar-refractivity contribution in [3.8, 4) is 0 Å². The van der Waals surface area contributed by atoms with Gasteiger partial charge in [0.2, 0.25) is 5.89 Å². The summed E-state index contributed by atoms with van der Waals surface area (Å²) in [7, 11) is 0. The SMILES string of the molecule is CC(C)(C)c1nc2cc(NC(=O)c3nc(Cl)ccc3Cl)ccc2o1. The van der Waals surface area contributed by atoms with Crippen LogP contribution in [0.4, 0.5) is 5.69 Å². The molecule has 124 valence electrons. The Hall–Kier alpha value is -2.11. The molecule has 0 atom stereocenters. The van der Waals surface area contributed by atoms with Crippen LogP contribution in [-0.2, 0) is 5.41 Å². The number of carbonyl (C=O) groups is 1. The van der Waals surface area contributed by atoms with Gasteiger partial charge in [-0.3, -0.25) is 4.79 Å². The lowest BCUT2D eigenvalue weighted by molar-refractivity contribution is 0.102. The molecule has 0 saturated carbocycles. The summed E-state index contributed by atoms with van der Waals surface area (Å²) in [4.78, 5) is 20.8. The van der Waals surface area contributed by atoms with E-state index < -0.39 is 5.91 Å². The summed E-state index contributed by atoms with van der Waals surface area (Å²) in [5.74, 6) is 0.196. The van der Waals surface area contributed by atoms with E-state index in [2.05, 4.69) is 15.3 Å². The van der Waals surface area contributed by atoms with Crippen molar-refractivity contribution in [1.29, 1.82) is 0 Å². The van der Waals surface area contributed by atoms with Crippen LogP contribution in [0.1, 0.15) is 37.2 Å². The van der Waals surface area contributed by atoms with E-state index >= 15 is 0 Å². The van der Waals surface area contributed by atoms with E-state index in [0.717, 1.165) is 0 Å². The normalized spacial score (nSPS) is 11.7. The maximum atomic E-state index is 12.3. The molecule has 5 nitrogen and oxygen atoms in total. The van der Waals surface area contributed by atoms with E-state index in [4.69, 9.17) is 27.6 Å². The molecule has 24 heavy (non-hydrogen) atoms. The maximum absolute atomic E-state index is 12.3. The minimum Gasteiger partial charge on any atom is -0.440 e. The number of pyridine rings is 1. The van der Waals surface area contributed by atoms with Gasteiger partial charge in [0, 0.05) is 11.1 Å². The molecule has 0 aliphatic rings. The molecular formula is C17H15Cl2N3O2. The standard InChI is InChI=1S/C17H15Cl2N3O2/c1-17(2,3)16-21-11-8-9(4-6-12(11)24-16)20-15(23)14-10(18)5-7-13(19)22-14/h4-8H,1-3H3,(H,20,23). The molecule has 3 aromatic rings. The number of nitrogens with zero attached hydrogens (tertiary/aromatic N) is 2. The summed E-state index contributed by atoms with van der Waals surface area (Å²) in [5.41, 5.74) is 1.78. The molecule has 1 N–H and O–H groups in total. The number of benzene rings is 1. The minimum atomic E-state index is -0.443. The van der Waals surface area contributed by atoms with Gasteiger partial charge in [-0.15, -0.1) is 0 Å². The Bertz CT molecular complexity index is 929. The number of nitrogens with one attached hydrogen (secondary N) is 1. The van der Waals surface area contributed by atoms with Crippen LogP contribution in [0.15, 0.2) is 34.7 Å². The third-order valence-corrected chi connectivity index (χ3v) is 3.83. The highest BCUT2D eigenvalue weighted by molar-refractivity contribution is 6.35. The van der Waals surface area contributed by atoms with E-state index in [1.807, 2.05) is 20.8 Å². The lowest BCUT2D eigenvalue weighted by atomic mass is 9.97. The molecule has 0 fully saturated rings. The quantitative estimate of drug-likeness (QED) is 0.644. The number of hydrogen-bond acceptors (Lipinski definition) is 4. The number of anilines is 1. The van der Waals surface area contributed by atoms with E-state index in [1.54, 1.807) is 18.2 Å². The first-order valence-electron chi connectivity index (χ1n) is 7.28. The average Bonchev–Trinajstić information content (AvgIpc) is 2.93. The van der Waals surface area contributed by atoms with Crippen molar-refractivity contribution >= 4 is 45.9 Å². The summed E-state index contributed by atoms with van der Waals surface area (Å²) in [6.45, 7) is 6.06. The summed E-state index contributed by atoms with van der Waals surface area (Å²) >= 11 is 11.8. The van der Waals surface area contributed by atoms with Crippen LogP contribution in [0.3, 0.4) is 0 Å². The lowest BCUT2D eigenvalue weighted by Gasteiger charge is -2.11. The van der Waals surface area contributed by atoms with E-state index in [9.17, 15) is 4.79 Å². The molecule has 2 aromatic heterocycles. The van der Waals surface area contributed by atoms with Crippen LogP contribution in [0.25, 0.3) is 11.1 Å². The molecule has 1 amide bonds. The number of rotatable bonds is 2. The topological polar surface area (TPSA) is 68.0 Å². The first-order chi connectivity index (χ1) is 11.2. The van der Waals surface area contributed by atoms with Gasteiger partial charge in [0.15, 0.2) is 5.58 Å². The Morgan fingerprint density at radius 3 is 2.58 bits per heavy atom. The highest BCUT2D eigenvalue weighted by atomic mass is 35.5. The highest BCUT2D eigenvalue weighted by Gasteiger charge is 2.21. The van der Waals surface area contributed by atoms with E-state index in [-0.39, 0.29) is 21.3 Å². The van der Waals surface area contributed by atoms with Gasteiger partial charge >= 0.3 is 0 Å². The molecule has 0 spiro atoms. The van der Waals surface area contributed by atoms with E-state index in [0.29, 0.717) is 22.7 Å². The second-order valence-electron chi connectivity index (χ2n) is 6.37. The van der Waals surface area contributed by atoms with E-state index in [1.165, 1.54) is 12.1 Å². The van der Waals surface area contributed by atoms with Gasteiger partial charge in [0.25, 0.3) is 5.91 Å². The first-order valence-corrected chi connectivity index (χ1v) is 8.04. The van der Waals surface area contributed by atoms with Gasteiger partial charge in [-0.25, -0.2) is 9.97 Å². The van der Waals surface area contributed by atoms with Gasteiger partial charge in [-0.05, 0) is 30.3 Å². The second-order valence-corrected chi connectivity index (χ2v) is 7.16. The molecule has 0 aliphatic heterocycles. The zero-order valence-electron chi connectivity index (χ0n) is 13.4. The van der Waals surface area contributed by atoms with Crippen molar-refractivity contribution < 1.29 is 9.21 Å². The number of oxazole rings is 1. The second kappa shape index (κ2) is 6.07. The van der Waals surface area contributed by atoms with Gasteiger partial charge < -0.3 is 9.73 Å². The fourth-order valence-electron chi connectivity index (χ4n) is 2.09. The smallest absolute Gasteiger partial charge is 0.275 e. The molecule has 2 heterocycles. The number of carbonyl (C=O) groups excluding carboxylic acids is 1. The molecule has 3 rings (SSSR count). The fraction of sp³-hybridized carbons (Fsp3) is 0.235. The highest BCUT2D eigenvalue weighted by Crippen LogP contribution is 2.27. The molecule has 7 heteroatoms. The predicted octanol–water partition coefficient (Wildman–Crippen LogP) is 5.08. The van der Waals surface area contributed by atoms with Crippen LogP contribution in [0, 0.1) is 0 Å². The Balaban J connectivity index is 1.90. The molecule has 1 aromatic carbocycles. The third kappa shape index (κ3) is 3.37. The number of hydrogen-bond donors (Lipinski definition) is 1. The number of aromatic nitrogens is 2. The molecular weight excluding hydrogens is 349 g/mol. The lowest BCUT2D eigenvalue weighted by Crippen LogP contribution is -2.14. The Morgan fingerprint density at radius 1 is 1.12 bits per heavy atom. The summed E-state index contributed by atoms with van der Waals surface area (Å²) in [6, 6.07) is 8.29. The maximum Gasteiger partial charge on any atom is 0.275 e. The minimum absolute atomic E-state index is 0.0693. The van der Waals surface area contributed by atoms with Crippen LogP contribution >= 0.6 is 23.2 Å². The van der Waals surface area contributed by atoms with Crippen molar-refractivity contribution in [2.75, 3.05) is 5.32 Å². The molecule has 0 bridgehead atoms. The molecule has 0 radical (unpaired) electrons. The Kier molecular flexibility index (Phi) is 4.24. The fourth-order valence-corrected chi connectivity index (χ4v) is 2.43. The summed E-state index contributed by atoms with van der Waals surface area (Å²) in [6.07, 6.45) is 0. The van der Waals surface area contributed by atoms with Crippen LogP contribution in [-0.4, -0.2) is 15.9 Å². The zero-order chi connectivity index (χ0) is 17.5. The third-order valence-electron chi connectivity index (χ3n) is 3.31.